The molecule has 66 valence electrons. The third kappa shape index (κ3) is 1.91. The van der Waals surface area contributed by atoms with Crippen LogP contribution in [0.4, 0.5) is 0 Å². The second-order valence-electron chi connectivity index (χ2n) is 2.91. The molecule has 3 nitrogen and oxygen atoms in total. The lowest BCUT2D eigenvalue weighted by molar-refractivity contribution is 0.298. The van der Waals surface area contributed by atoms with E-state index in [1.54, 1.807) is 12.3 Å². The van der Waals surface area contributed by atoms with Gasteiger partial charge in [-0.1, -0.05) is 0 Å². The van der Waals surface area contributed by atoms with E-state index in [-0.39, 0.29) is 0 Å². The largest absolute Gasteiger partial charge is 0.486 e. The van der Waals surface area contributed by atoms with Gasteiger partial charge in [0.25, 0.3) is 0 Å². The molecule has 0 spiro atoms. The topological polar surface area (TPSA) is 45.9 Å². The number of hydrogen-bond acceptors (Lipinski definition) is 3. The van der Waals surface area contributed by atoms with Crippen LogP contribution < -0.4 is 4.74 Å². The molecule has 4 heteroatoms. The maximum absolute atomic E-state index is 8.82. The number of nitrogens with zero attached hydrogens (tertiary/aromatic N) is 2. The number of pyridine rings is 1. The maximum Gasteiger partial charge on any atom is 0.169 e. The SMILES string of the molecule is N#Cc1ccnc(I)c1OC1CC1. The van der Waals surface area contributed by atoms with Crippen molar-refractivity contribution in [3.05, 3.63) is 21.5 Å². The van der Waals surface area contributed by atoms with Crippen LogP contribution in [0.5, 0.6) is 5.75 Å². The summed E-state index contributed by atoms with van der Waals surface area (Å²) in [4.78, 5) is 4.08. The smallest absolute Gasteiger partial charge is 0.169 e. The van der Waals surface area contributed by atoms with E-state index in [1.165, 1.54) is 0 Å². The first-order valence-corrected chi connectivity index (χ1v) is 5.10. The molecule has 1 aliphatic carbocycles. The monoisotopic (exact) mass is 286 g/mol. The van der Waals surface area contributed by atoms with E-state index in [2.05, 4.69) is 33.6 Å². The van der Waals surface area contributed by atoms with Gasteiger partial charge in [-0.2, -0.15) is 5.26 Å². The van der Waals surface area contributed by atoms with Gasteiger partial charge >= 0.3 is 0 Å². The molecule has 2 rings (SSSR count). The van der Waals surface area contributed by atoms with Crippen LogP contribution >= 0.6 is 22.6 Å². The fraction of sp³-hybridized carbons (Fsp3) is 0.333. The van der Waals surface area contributed by atoms with Crippen molar-refractivity contribution in [3.8, 4) is 11.8 Å². The summed E-state index contributed by atoms with van der Waals surface area (Å²) in [6.45, 7) is 0. The molecule has 1 heterocycles. The zero-order valence-electron chi connectivity index (χ0n) is 6.83. The van der Waals surface area contributed by atoms with Crippen molar-refractivity contribution >= 4 is 22.6 Å². The van der Waals surface area contributed by atoms with Crippen LogP contribution in [-0.4, -0.2) is 11.1 Å². The third-order valence-corrected chi connectivity index (χ3v) is 2.56. The van der Waals surface area contributed by atoms with Gasteiger partial charge in [-0.25, -0.2) is 4.98 Å². The Labute approximate surface area is 89.9 Å². The first kappa shape index (κ1) is 8.75. The predicted molar refractivity (Wildman–Crippen MR) is 55.3 cm³/mol. The van der Waals surface area contributed by atoms with E-state index in [0.29, 0.717) is 17.4 Å². The summed E-state index contributed by atoms with van der Waals surface area (Å²) in [5.74, 6) is 0.646. The molecule has 1 aliphatic rings. The van der Waals surface area contributed by atoms with Gasteiger partial charge in [0.15, 0.2) is 5.75 Å². The summed E-state index contributed by atoms with van der Waals surface area (Å²) in [5, 5.41) is 8.82. The Hall–Kier alpha value is -0.830. The molecule has 0 amide bonds. The number of ether oxygens (including phenoxy) is 1. The Morgan fingerprint density at radius 3 is 3.00 bits per heavy atom. The highest BCUT2D eigenvalue weighted by Gasteiger charge is 2.25. The van der Waals surface area contributed by atoms with Gasteiger partial charge in [0.1, 0.15) is 9.77 Å². The highest BCUT2D eigenvalue weighted by Crippen LogP contribution is 2.31. The van der Waals surface area contributed by atoms with E-state index >= 15 is 0 Å². The number of nitriles is 1. The van der Waals surface area contributed by atoms with Crippen LogP contribution in [0.15, 0.2) is 12.3 Å². The minimum absolute atomic E-state index is 0.310. The van der Waals surface area contributed by atoms with E-state index < -0.39 is 0 Å². The molecule has 1 saturated carbocycles. The van der Waals surface area contributed by atoms with E-state index in [1.807, 2.05) is 0 Å². The summed E-state index contributed by atoms with van der Waals surface area (Å²) < 4.78 is 6.35. The molecule has 0 atom stereocenters. The third-order valence-electron chi connectivity index (χ3n) is 1.79. The molecule has 0 unspecified atom stereocenters. The van der Waals surface area contributed by atoms with Crippen molar-refractivity contribution < 1.29 is 4.74 Å². The highest BCUT2D eigenvalue weighted by molar-refractivity contribution is 14.1. The van der Waals surface area contributed by atoms with E-state index in [4.69, 9.17) is 10.00 Å². The van der Waals surface area contributed by atoms with Crippen LogP contribution in [0, 0.1) is 15.0 Å². The molecule has 1 fully saturated rings. The molecular weight excluding hydrogens is 279 g/mol. The zero-order chi connectivity index (χ0) is 9.26. The van der Waals surface area contributed by atoms with Gasteiger partial charge in [0.2, 0.25) is 0 Å². The van der Waals surface area contributed by atoms with Crippen LogP contribution in [-0.2, 0) is 0 Å². The lowest BCUT2D eigenvalue weighted by atomic mass is 10.3. The number of aromatic nitrogens is 1. The van der Waals surface area contributed by atoms with Crippen molar-refractivity contribution in [1.29, 1.82) is 5.26 Å². The Morgan fingerprint density at radius 2 is 2.38 bits per heavy atom. The van der Waals surface area contributed by atoms with Gasteiger partial charge in [-0.3, -0.25) is 0 Å². The fourth-order valence-corrected chi connectivity index (χ4v) is 1.55. The molecule has 1 aromatic heterocycles. The molecule has 1 aromatic rings. The normalized spacial score (nSPS) is 15.1. The van der Waals surface area contributed by atoms with Crippen molar-refractivity contribution in [3.63, 3.8) is 0 Å². The summed E-state index contributed by atoms with van der Waals surface area (Å²) in [6.07, 6.45) is 4.12. The van der Waals surface area contributed by atoms with Crippen molar-refractivity contribution in [2.45, 2.75) is 18.9 Å². The second kappa shape index (κ2) is 3.50. The van der Waals surface area contributed by atoms with Crippen molar-refractivity contribution in [1.82, 2.24) is 4.98 Å². The summed E-state index contributed by atoms with van der Waals surface area (Å²) in [5.41, 5.74) is 0.575. The molecule has 0 bridgehead atoms. The van der Waals surface area contributed by atoms with E-state index in [9.17, 15) is 0 Å². The van der Waals surface area contributed by atoms with Gasteiger partial charge in [-0.15, -0.1) is 0 Å². The molecule has 13 heavy (non-hydrogen) atoms. The standard InChI is InChI=1S/C9H7IN2O/c10-9-8(13-7-1-2-7)6(5-11)3-4-12-9/h3-4,7H,1-2H2. The molecule has 0 N–H and O–H groups in total. The first-order valence-electron chi connectivity index (χ1n) is 4.02. The Balaban J connectivity index is 2.34. The number of hydrogen-bond donors (Lipinski definition) is 0. The second-order valence-corrected chi connectivity index (χ2v) is 3.93. The Bertz CT molecular complexity index is 368. The predicted octanol–water partition coefficient (Wildman–Crippen LogP) is 2.10. The van der Waals surface area contributed by atoms with Crippen LogP contribution in [0.25, 0.3) is 0 Å². The summed E-state index contributed by atoms with van der Waals surface area (Å²) in [7, 11) is 0. The number of rotatable bonds is 2. The quantitative estimate of drug-likeness (QED) is 0.618. The minimum Gasteiger partial charge on any atom is -0.486 e. The molecule has 0 radical (unpaired) electrons. The average molecular weight is 286 g/mol. The van der Waals surface area contributed by atoms with Gasteiger partial charge < -0.3 is 4.74 Å². The zero-order valence-corrected chi connectivity index (χ0v) is 8.98. The lowest BCUT2D eigenvalue weighted by Gasteiger charge is -2.06. The lowest BCUT2D eigenvalue weighted by Crippen LogP contribution is -2.01. The molecule has 0 saturated heterocycles. The summed E-state index contributed by atoms with van der Waals surface area (Å²) >= 11 is 2.08. The molecule has 0 aromatic carbocycles. The number of halogens is 1. The van der Waals surface area contributed by atoms with Crippen molar-refractivity contribution in [2.24, 2.45) is 0 Å². The van der Waals surface area contributed by atoms with Gasteiger partial charge in [-0.05, 0) is 41.5 Å². The molecular formula is C9H7IN2O. The summed E-state index contributed by atoms with van der Waals surface area (Å²) in [6, 6.07) is 3.78. The fourth-order valence-electron chi connectivity index (χ4n) is 0.975. The van der Waals surface area contributed by atoms with Gasteiger partial charge in [0.05, 0.1) is 11.7 Å². The Morgan fingerprint density at radius 1 is 1.62 bits per heavy atom. The van der Waals surface area contributed by atoms with E-state index in [0.717, 1.165) is 16.5 Å². The average Bonchev–Trinajstić information content (AvgIpc) is 2.92. The molecule has 0 aliphatic heterocycles. The van der Waals surface area contributed by atoms with Crippen LogP contribution in [0.1, 0.15) is 18.4 Å². The first-order chi connectivity index (χ1) is 6.31. The van der Waals surface area contributed by atoms with Gasteiger partial charge in [0, 0.05) is 6.20 Å². The minimum atomic E-state index is 0.310. The maximum atomic E-state index is 8.82. The highest BCUT2D eigenvalue weighted by atomic mass is 127. The Kier molecular flexibility index (Phi) is 2.36. The van der Waals surface area contributed by atoms with Crippen molar-refractivity contribution in [2.75, 3.05) is 0 Å². The van der Waals surface area contributed by atoms with Crippen LogP contribution in [0.3, 0.4) is 0 Å². The van der Waals surface area contributed by atoms with Crippen LogP contribution in [0.2, 0.25) is 0 Å².